The van der Waals surface area contributed by atoms with Crippen LogP contribution in [-0.4, -0.2) is 16.3 Å². The number of rotatable bonds is 2. The molecule has 0 aliphatic rings. The van der Waals surface area contributed by atoms with Gasteiger partial charge in [-0.1, -0.05) is 30.3 Å². The number of hydrogen-bond acceptors (Lipinski definition) is 2. The molecule has 0 amide bonds. The molecule has 11 heavy (non-hydrogen) atoms. The number of benzene rings is 1. The molecular formula is C9H12O2. The van der Waals surface area contributed by atoms with Crippen molar-refractivity contribution < 1.29 is 10.2 Å². The van der Waals surface area contributed by atoms with Crippen LogP contribution in [0.15, 0.2) is 30.3 Å². The first-order chi connectivity index (χ1) is 5.22. The van der Waals surface area contributed by atoms with Crippen LogP contribution in [0, 0.1) is 0 Å². The molecule has 0 aliphatic carbocycles. The van der Waals surface area contributed by atoms with E-state index in [1.165, 1.54) is 0 Å². The van der Waals surface area contributed by atoms with Crippen molar-refractivity contribution in [3.8, 4) is 0 Å². The summed E-state index contributed by atoms with van der Waals surface area (Å²) in [4.78, 5) is 0. The molecule has 60 valence electrons. The SMILES string of the molecule is CC(O)C(O)c1ccccc1. The zero-order valence-corrected chi connectivity index (χ0v) is 6.44. The van der Waals surface area contributed by atoms with Gasteiger partial charge in [0.25, 0.3) is 0 Å². The second-order valence-corrected chi connectivity index (χ2v) is 2.60. The smallest absolute Gasteiger partial charge is 0.105 e. The van der Waals surface area contributed by atoms with Crippen molar-refractivity contribution in [1.29, 1.82) is 0 Å². The third kappa shape index (κ3) is 2.03. The fourth-order valence-corrected chi connectivity index (χ4v) is 0.929. The molecule has 0 aliphatic heterocycles. The summed E-state index contributed by atoms with van der Waals surface area (Å²) in [6.45, 7) is 1.57. The molecule has 2 heteroatoms. The van der Waals surface area contributed by atoms with E-state index in [0.717, 1.165) is 5.56 Å². The minimum atomic E-state index is -0.767. The van der Waals surface area contributed by atoms with E-state index >= 15 is 0 Å². The summed E-state index contributed by atoms with van der Waals surface area (Å²) in [5, 5.41) is 18.4. The first-order valence-corrected chi connectivity index (χ1v) is 3.63. The van der Waals surface area contributed by atoms with E-state index in [0.29, 0.717) is 0 Å². The normalized spacial score (nSPS) is 15.9. The highest BCUT2D eigenvalue weighted by atomic mass is 16.3. The minimum absolute atomic E-state index is 0.711. The lowest BCUT2D eigenvalue weighted by atomic mass is 10.1. The van der Waals surface area contributed by atoms with Gasteiger partial charge in [-0.3, -0.25) is 0 Å². The van der Waals surface area contributed by atoms with E-state index in [1.807, 2.05) is 18.2 Å². The Balaban J connectivity index is 2.77. The van der Waals surface area contributed by atoms with E-state index < -0.39 is 12.2 Å². The minimum Gasteiger partial charge on any atom is -0.390 e. The summed E-state index contributed by atoms with van der Waals surface area (Å²) in [6, 6.07) is 9.12. The van der Waals surface area contributed by atoms with Gasteiger partial charge in [0.2, 0.25) is 0 Å². The van der Waals surface area contributed by atoms with Gasteiger partial charge in [-0.15, -0.1) is 0 Å². The third-order valence-electron chi connectivity index (χ3n) is 1.60. The predicted octanol–water partition coefficient (Wildman–Crippen LogP) is 1.10. The standard InChI is InChI=1S/C9H12O2/c1-7(10)9(11)8-5-3-2-4-6-8/h2-7,9-11H,1H3. The van der Waals surface area contributed by atoms with Gasteiger partial charge in [-0.25, -0.2) is 0 Å². The van der Waals surface area contributed by atoms with Crippen LogP contribution < -0.4 is 0 Å². The van der Waals surface area contributed by atoms with Crippen LogP contribution in [0.5, 0.6) is 0 Å². The predicted molar refractivity (Wildman–Crippen MR) is 43.1 cm³/mol. The highest BCUT2D eigenvalue weighted by molar-refractivity contribution is 5.17. The molecule has 0 bridgehead atoms. The molecule has 0 saturated carbocycles. The summed E-state index contributed by atoms with van der Waals surface area (Å²) in [5.74, 6) is 0. The Labute approximate surface area is 66.1 Å². The van der Waals surface area contributed by atoms with Gasteiger partial charge in [0, 0.05) is 0 Å². The molecule has 1 aromatic carbocycles. The second kappa shape index (κ2) is 3.51. The topological polar surface area (TPSA) is 40.5 Å². The molecule has 0 fully saturated rings. The Kier molecular flexibility index (Phi) is 2.63. The first-order valence-electron chi connectivity index (χ1n) is 3.63. The average molecular weight is 152 g/mol. The van der Waals surface area contributed by atoms with Crippen molar-refractivity contribution in [1.82, 2.24) is 0 Å². The van der Waals surface area contributed by atoms with Crippen molar-refractivity contribution in [2.45, 2.75) is 19.1 Å². The van der Waals surface area contributed by atoms with E-state index in [2.05, 4.69) is 0 Å². The lowest BCUT2D eigenvalue weighted by molar-refractivity contribution is 0.0305. The molecule has 0 aromatic heterocycles. The monoisotopic (exact) mass is 152 g/mol. The summed E-state index contributed by atoms with van der Waals surface area (Å²) in [5.41, 5.74) is 0.752. The Hall–Kier alpha value is -0.860. The highest BCUT2D eigenvalue weighted by Gasteiger charge is 2.11. The molecule has 0 spiro atoms. The van der Waals surface area contributed by atoms with Crippen molar-refractivity contribution >= 4 is 0 Å². The van der Waals surface area contributed by atoms with Crippen molar-refractivity contribution in [3.63, 3.8) is 0 Å². The van der Waals surface area contributed by atoms with Gasteiger partial charge in [-0.2, -0.15) is 0 Å². The quantitative estimate of drug-likeness (QED) is 0.666. The van der Waals surface area contributed by atoms with E-state index in [1.54, 1.807) is 19.1 Å². The zero-order valence-electron chi connectivity index (χ0n) is 6.44. The molecular weight excluding hydrogens is 140 g/mol. The molecule has 0 radical (unpaired) electrons. The Morgan fingerprint density at radius 3 is 2.09 bits per heavy atom. The maximum absolute atomic E-state index is 9.35. The molecule has 1 rings (SSSR count). The molecule has 0 saturated heterocycles. The Morgan fingerprint density at radius 1 is 1.09 bits per heavy atom. The maximum Gasteiger partial charge on any atom is 0.105 e. The highest BCUT2D eigenvalue weighted by Crippen LogP contribution is 2.15. The zero-order chi connectivity index (χ0) is 8.27. The summed E-state index contributed by atoms with van der Waals surface area (Å²) in [7, 11) is 0. The lowest BCUT2D eigenvalue weighted by Gasteiger charge is -2.12. The van der Waals surface area contributed by atoms with Gasteiger partial charge >= 0.3 is 0 Å². The Bertz CT molecular complexity index is 206. The van der Waals surface area contributed by atoms with Crippen LogP contribution in [0.4, 0.5) is 0 Å². The van der Waals surface area contributed by atoms with Gasteiger partial charge in [0.05, 0.1) is 6.10 Å². The lowest BCUT2D eigenvalue weighted by Crippen LogP contribution is -2.13. The fraction of sp³-hybridized carbons (Fsp3) is 0.333. The van der Waals surface area contributed by atoms with E-state index in [4.69, 9.17) is 5.11 Å². The van der Waals surface area contributed by atoms with Crippen molar-refractivity contribution in [2.24, 2.45) is 0 Å². The fourth-order valence-electron chi connectivity index (χ4n) is 0.929. The second-order valence-electron chi connectivity index (χ2n) is 2.60. The summed E-state index contributed by atoms with van der Waals surface area (Å²) in [6.07, 6.45) is -1.48. The number of aliphatic hydroxyl groups excluding tert-OH is 2. The van der Waals surface area contributed by atoms with Crippen LogP contribution >= 0.6 is 0 Å². The summed E-state index contributed by atoms with van der Waals surface area (Å²) < 4.78 is 0. The first kappa shape index (κ1) is 8.24. The van der Waals surface area contributed by atoms with Crippen LogP contribution in [0.25, 0.3) is 0 Å². The van der Waals surface area contributed by atoms with Gasteiger partial charge in [-0.05, 0) is 12.5 Å². The molecule has 2 atom stereocenters. The maximum atomic E-state index is 9.35. The van der Waals surface area contributed by atoms with E-state index in [-0.39, 0.29) is 0 Å². The number of aliphatic hydroxyl groups is 2. The largest absolute Gasteiger partial charge is 0.390 e. The van der Waals surface area contributed by atoms with Crippen LogP contribution in [-0.2, 0) is 0 Å². The molecule has 2 N–H and O–H groups in total. The van der Waals surface area contributed by atoms with Gasteiger partial charge in [0.1, 0.15) is 6.10 Å². The van der Waals surface area contributed by atoms with Crippen LogP contribution in [0.3, 0.4) is 0 Å². The molecule has 2 nitrogen and oxygen atoms in total. The third-order valence-corrected chi connectivity index (χ3v) is 1.60. The molecule has 2 unspecified atom stereocenters. The van der Waals surface area contributed by atoms with Crippen LogP contribution in [0.1, 0.15) is 18.6 Å². The molecule has 1 aromatic rings. The molecule has 0 heterocycles. The summed E-state index contributed by atoms with van der Waals surface area (Å²) >= 11 is 0. The van der Waals surface area contributed by atoms with Gasteiger partial charge < -0.3 is 10.2 Å². The number of hydrogen-bond donors (Lipinski definition) is 2. The van der Waals surface area contributed by atoms with E-state index in [9.17, 15) is 5.11 Å². The van der Waals surface area contributed by atoms with Crippen LogP contribution in [0.2, 0.25) is 0 Å². The van der Waals surface area contributed by atoms with Crippen molar-refractivity contribution in [2.75, 3.05) is 0 Å². The average Bonchev–Trinajstić information content (AvgIpc) is 2.05. The van der Waals surface area contributed by atoms with Gasteiger partial charge in [0.15, 0.2) is 0 Å². The van der Waals surface area contributed by atoms with Crippen molar-refractivity contribution in [3.05, 3.63) is 35.9 Å². The Morgan fingerprint density at radius 2 is 1.64 bits per heavy atom.